The Balaban J connectivity index is 1.86. The minimum absolute atomic E-state index is 0.0952. The summed E-state index contributed by atoms with van der Waals surface area (Å²) in [5.74, 6) is 0.406. The lowest BCUT2D eigenvalue weighted by Crippen LogP contribution is -2.40. The average molecular weight is 240 g/mol. The normalized spacial score (nSPS) is 38.4. The monoisotopic (exact) mass is 240 g/mol. The molecule has 2 aliphatic rings. The number of epoxide rings is 1. The van der Waals surface area contributed by atoms with Gasteiger partial charge in [0.1, 0.15) is 0 Å². The van der Waals surface area contributed by atoms with Gasteiger partial charge >= 0.3 is 5.97 Å². The van der Waals surface area contributed by atoms with Crippen LogP contribution in [0.2, 0.25) is 0 Å². The van der Waals surface area contributed by atoms with Gasteiger partial charge in [-0.1, -0.05) is 13.8 Å². The van der Waals surface area contributed by atoms with Gasteiger partial charge in [-0.25, -0.2) is 0 Å². The molecule has 0 aromatic heterocycles. The number of hydrogen-bond donors (Lipinski definition) is 0. The molecular weight excluding hydrogens is 216 g/mol. The van der Waals surface area contributed by atoms with E-state index in [-0.39, 0.29) is 11.6 Å². The zero-order chi connectivity index (χ0) is 12.7. The largest absolute Gasteiger partial charge is 0.466 e. The molecule has 1 unspecified atom stereocenters. The molecule has 98 valence electrons. The van der Waals surface area contributed by atoms with Crippen LogP contribution in [0.4, 0.5) is 0 Å². The summed E-state index contributed by atoms with van der Waals surface area (Å²) >= 11 is 0. The second kappa shape index (κ2) is 4.27. The van der Waals surface area contributed by atoms with E-state index in [0.717, 1.165) is 12.8 Å². The van der Waals surface area contributed by atoms with Gasteiger partial charge in [0.15, 0.2) is 0 Å². The molecular formula is C14H24O3. The van der Waals surface area contributed by atoms with E-state index in [0.29, 0.717) is 24.0 Å². The van der Waals surface area contributed by atoms with Crippen LogP contribution in [0.5, 0.6) is 0 Å². The standard InChI is InChI=1S/C14H24O3/c1-10(15)16-9-5-6-11-13(2,3)8-7-12-14(11,4)17-12/h11-12H,5-9H2,1-4H3/t11?,12-,14+/m0/s1. The Morgan fingerprint density at radius 2 is 2.12 bits per heavy atom. The quantitative estimate of drug-likeness (QED) is 0.431. The third-order valence-corrected chi connectivity index (χ3v) is 4.61. The summed E-state index contributed by atoms with van der Waals surface area (Å²) in [7, 11) is 0. The number of esters is 1. The topological polar surface area (TPSA) is 38.8 Å². The predicted octanol–water partition coefficient (Wildman–Crippen LogP) is 2.92. The minimum Gasteiger partial charge on any atom is -0.466 e. The molecule has 3 heteroatoms. The highest BCUT2D eigenvalue weighted by atomic mass is 16.6. The highest BCUT2D eigenvalue weighted by Gasteiger charge is 2.63. The Morgan fingerprint density at radius 3 is 2.76 bits per heavy atom. The summed E-state index contributed by atoms with van der Waals surface area (Å²) in [6.45, 7) is 8.93. The molecule has 0 N–H and O–H groups in total. The summed E-state index contributed by atoms with van der Waals surface area (Å²) in [5.41, 5.74) is 0.440. The van der Waals surface area contributed by atoms with Crippen LogP contribution in [0.25, 0.3) is 0 Å². The number of carbonyl (C=O) groups is 1. The first kappa shape index (κ1) is 12.9. The first-order valence-corrected chi connectivity index (χ1v) is 6.67. The Kier molecular flexibility index (Phi) is 3.23. The van der Waals surface area contributed by atoms with E-state index in [1.807, 2.05) is 0 Å². The van der Waals surface area contributed by atoms with Crippen molar-refractivity contribution in [1.29, 1.82) is 0 Å². The van der Waals surface area contributed by atoms with Crippen LogP contribution in [0.1, 0.15) is 53.4 Å². The maximum absolute atomic E-state index is 10.7. The highest BCUT2D eigenvalue weighted by Crippen LogP contribution is 2.59. The maximum atomic E-state index is 10.7. The summed E-state index contributed by atoms with van der Waals surface area (Å²) in [5, 5.41) is 0. The van der Waals surface area contributed by atoms with Gasteiger partial charge in [0.05, 0.1) is 18.3 Å². The van der Waals surface area contributed by atoms with E-state index < -0.39 is 0 Å². The summed E-state index contributed by atoms with van der Waals surface area (Å²) in [4.78, 5) is 10.7. The third-order valence-electron chi connectivity index (χ3n) is 4.61. The van der Waals surface area contributed by atoms with Crippen LogP contribution in [-0.2, 0) is 14.3 Å². The smallest absolute Gasteiger partial charge is 0.302 e. The van der Waals surface area contributed by atoms with Crippen LogP contribution < -0.4 is 0 Å². The molecule has 1 aliphatic carbocycles. The molecule has 1 saturated heterocycles. The van der Waals surface area contributed by atoms with Gasteiger partial charge in [-0.05, 0) is 43.9 Å². The van der Waals surface area contributed by atoms with Crippen molar-refractivity contribution in [3.63, 3.8) is 0 Å². The van der Waals surface area contributed by atoms with Crippen molar-refractivity contribution < 1.29 is 14.3 Å². The van der Waals surface area contributed by atoms with Crippen molar-refractivity contribution in [1.82, 2.24) is 0 Å². The van der Waals surface area contributed by atoms with E-state index in [1.165, 1.54) is 19.8 Å². The van der Waals surface area contributed by atoms with E-state index in [2.05, 4.69) is 20.8 Å². The molecule has 17 heavy (non-hydrogen) atoms. The molecule has 3 nitrogen and oxygen atoms in total. The lowest BCUT2D eigenvalue weighted by atomic mass is 9.62. The second-order valence-corrected chi connectivity index (χ2v) is 6.35. The SMILES string of the molecule is CC(=O)OCCCC1C(C)(C)CC[C@@H]2O[C@]12C. The number of ether oxygens (including phenoxy) is 2. The number of fused-ring (bicyclic) bond motifs is 1. The second-order valence-electron chi connectivity index (χ2n) is 6.35. The predicted molar refractivity (Wildman–Crippen MR) is 65.7 cm³/mol. The number of hydrogen-bond acceptors (Lipinski definition) is 3. The van der Waals surface area contributed by atoms with Crippen molar-refractivity contribution in [3.8, 4) is 0 Å². The van der Waals surface area contributed by atoms with Crippen LogP contribution in [0.3, 0.4) is 0 Å². The first-order valence-electron chi connectivity index (χ1n) is 6.67. The van der Waals surface area contributed by atoms with Crippen molar-refractivity contribution in [2.24, 2.45) is 11.3 Å². The van der Waals surface area contributed by atoms with Gasteiger partial charge in [0, 0.05) is 6.92 Å². The van der Waals surface area contributed by atoms with E-state index in [9.17, 15) is 4.79 Å². The molecule has 0 aromatic rings. The molecule has 2 fully saturated rings. The molecule has 1 saturated carbocycles. The zero-order valence-electron chi connectivity index (χ0n) is 11.4. The molecule has 3 atom stereocenters. The number of rotatable bonds is 4. The summed E-state index contributed by atoms with van der Waals surface area (Å²) in [6, 6.07) is 0. The van der Waals surface area contributed by atoms with Crippen LogP contribution in [0.15, 0.2) is 0 Å². The van der Waals surface area contributed by atoms with Crippen molar-refractivity contribution >= 4 is 5.97 Å². The molecule has 0 spiro atoms. The summed E-state index contributed by atoms with van der Waals surface area (Å²) in [6.07, 6.45) is 4.96. The third kappa shape index (κ3) is 2.49. The lowest BCUT2D eigenvalue weighted by Gasteiger charge is -2.40. The fourth-order valence-electron chi connectivity index (χ4n) is 3.56. The van der Waals surface area contributed by atoms with Gasteiger partial charge in [-0.3, -0.25) is 4.79 Å². The van der Waals surface area contributed by atoms with E-state index >= 15 is 0 Å². The molecule has 0 radical (unpaired) electrons. The Labute approximate surface area is 104 Å². The zero-order valence-corrected chi connectivity index (χ0v) is 11.4. The van der Waals surface area contributed by atoms with Crippen molar-refractivity contribution in [3.05, 3.63) is 0 Å². The first-order chi connectivity index (χ1) is 7.86. The van der Waals surface area contributed by atoms with Crippen molar-refractivity contribution in [2.75, 3.05) is 6.61 Å². The van der Waals surface area contributed by atoms with E-state index in [1.54, 1.807) is 0 Å². The fourth-order valence-corrected chi connectivity index (χ4v) is 3.56. The average Bonchev–Trinajstić information content (AvgIpc) is 2.86. The Hall–Kier alpha value is -0.570. The van der Waals surface area contributed by atoms with Crippen LogP contribution >= 0.6 is 0 Å². The molecule has 2 rings (SSSR count). The van der Waals surface area contributed by atoms with Gasteiger partial charge in [0.25, 0.3) is 0 Å². The fraction of sp³-hybridized carbons (Fsp3) is 0.929. The van der Waals surface area contributed by atoms with Crippen LogP contribution in [-0.4, -0.2) is 24.3 Å². The molecule has 1 aliphatic heterocycles. The minimum atomic E-state index is -0.181. The van der Waals surface area contributed by atoms with Gasteiger partial charge in [-0.2, -0.15) is 0 Å². The Morgan fingerprint density at radius 1 is 1.41 bits per heavy atom. The molecule has 0 amide bonds. The highest BCUT2D eigenvalue weighted by molar-refractivity contribution is 5.65. The van der Waals surface area contributed by atoms with Gasteiger partial charge < -0.3 is 9.47 Å². The Bertz CT molecular complexity index is 306. The summed E-state index contributed by atoms with van der Waals surface area (Å²) < 4.78 is 10.9. The van der Waals surface area contributed by atoms with Gasteiger partial charge in [-0.15, -0.1) is 0 Å². The van der Waals surface area contributed by atoms with Crippen LogP contribution in [0, 0.1) is 11.3 Å². The van der Waals surface area contributed by atoms with E-state index in [4.69, 9.17) is 9.47 Å². The van der Waals surface area contributed by atoms with Gasteiger partial charge in [0.2, 0.25) is 0 Å². The number of carbonyl (C=O) groups excluding carboxylic acids is 1. The maximum Gasteiger partial charge on any atom is 0.302 e. The molecule has 0 bridgehead atoms. The van der Waals surface area contributed by atoms with Crippen molar-refractivity contribution in [2.45, 2.75) is 65.1 Å². The lowest BCUT2D eigenvalue weighted by molar-refractivity contribution is -0.141. The molecule has 0 aromatic carbocycles. The molecule has 1 heterocycles.